The second-order valence-corrected chi connectivity index (χ2v) is 7.73. The van der Waals surface area contributed by atoms with E-state index in [0.717, 1.165) is 49.9 Å². The van der Waals surface area contributed by atoms with Gasteiger partial charge in [0.15, 0.2) is 11.7 Å². The molecule has 1 aliphatic heterocycles. The lowest BCUT2D eigenvalue weighted by atomic mass is 9.98. The van der Waals surface area contributed by atoms with Crippen LogP contribution in [0.5, 0.6) is 0 Å². The Morgan fingerprint density at radius 1 is 1.24 bits per heavy atom. The van der Waals surface area contributed by atoms with Gasteiger partial charge >= 0.3 is 0 Å². The highest BCUT2D eigenvalue weighted by molar-refractivity contribution is 14.0. The Morgan fingerprint density at radius 2 is 2.00 bits per heavy atom. The molecule has 0 saturated heterocycles. The first-order valence-electron chi connectivity index (χ1n) is 10.3. The summed E-state index contributed by atoms with van der Waals surface area (Å²) < 4.78 is 5.39. The fourth-order valence-corrected chi connectivity index (χ4v) is 3.65. The minimum absolute atomic E-state index is 0. The molecule has 7 heteroatoms. The van der Waals surface area contributed by atoms with E-state index in [-0.39, 0.29) is 24.0 Å². The van der Waals surface area contributed by atoms with Gasteiger partial charge in [0.1, 0.15) is 0 Å². The third-order valence-corrected chi connectivity index (χ3v) is 5.48. The molecule has 0 saturated carbocycles. The standard InChI is InChI=1S/C22H33N5O.HI/c1-5-19(27-11-10-17-8-6-7-9-18(17)15-27)13-24-22(23-4)25-14-20-12-21(16(2)3)26-28-20;/h6-9,12,16,19H,5,10-11,13-15H2,1-4H3,(H2,23,24,25);1H. The summed E-state index contributed by atoms with van der Waals surface area (Å²) in [6.07, 6.45) is 2.23. The molecule has 3 rings (SSSR count). The summed E-state index contributed by atoms with van der Waals surface area (Å²) in [7, 11) is 1.80. The van der Waals surface area contributed by atoms with E-state index in [1.165, 1.54) is 11.1 Å². The van der Waals surface area contributed by atoms with Gasteiger partial charge in [0.2, 0.25) is 0 Å². The molecule has 2 aromatic rings. The van der Waals surface area contributed by atoms with Crippen molar-refractivity contribution in [3.8, 4) is 0 Å². The average molecular weight is 511 g/mol. The zero-order chi connectivity index (χ0) is 19.9. The Bertz CT molecular complexity index is 789. The van der Waals surface area contributed by atoms with Crippen LogP contribution in [0.3, 0.4) is 0 Å². The summed E-state index contributed by atoms with van der Waals surface area (Å²) in [4.78, 5) is 6.92. The van der Waals surface area contributed by atoms with Gasteiger partial charge in [-0.3, -0.25) is 9.89 Å². The highest BCUT2D eigenvalue weighted by Crippen LogP contribution is 2.21. The van der Waals surface area contributed by atoms with Crippen molar-refractivity contribution in [1.82, 2.24) is 20.7 Å². The SMILES string of the molecule is CCC(CNC(=NC)NCc1cc(C(C)C)no1)N1CCc2ccccc2C1.I. The molecule has 1 atom stereocenters. The number of aromatic nitrogens is 1. The van der Waals surface area contributed by atoms with E-state index in [9.17, 15) is 0 Å². The Morgan fingerprint density at radius 3 is 2.66 bits per heavy atom. The topological polar surface area (TPSA) is 65.7 Å². The van der Waals surface area contributed by atoms with Crippen LogP contribution in [-0.2, 0) is 19.5 Å². The quantitative estimate of drug-likeness (QED) is 0.335. The van der Waals surface area contributed by atoms with Crippen LogP contribution >= 0.6 is 24.0 Å². The van der Waals surface area contributed by atoms with Gasteiger partial charge in [-0.2, -0.15) is 0 Å². The predicted molar refractivity (Wildman–Crippen MR) is 129 cm³/mol. The molecule has 0 radical (unpaired) electrons. The molecule has 29 heavy (non-hydrogen) atoms. The molecule has 0 bridgehead atoms. The Labute approximate surface area is 191 Å². The molecule has 0 fully saturated rings. The Balaban J connectivity index is 0.00000300. The van der Waals surface area contributed by atoms with E-state index < -0.39 is 0 Å². The minimum Gasteiger partial charge on any atom is -0.359 e. The van der Waals surface area contributed by atoms with Gasteiger partial charge in [-0.05, 0) is 29.9 Å². The number of fused-ring (bicyclic) bond motifs is 1. The highest BCUT2D eigenvalue weighted by atomic mass is 127. The Kier molecular flexibility index (Phi) is 9.42. The number of nitrogens with zero attached hydrogens (tertiary/aromatic N) is 3. The number of hydrogen-bond donors (Lipinski definition) is 2. The summed E-state index contributed by atoms with van der Waals surface area (Å²) in [6, 6.07) is 11.3. The molecule has 160 valence electrons. The van der Waals surface area contributed by atoms with Crippen molar-refractivity contribution in [2.45, 2.75) is 58.7 Å². The number of nitrogens with one attached hydrogen (secondary N) is 2. The normalized spacial score (nSPS) is 15.6. The second kappa shape index (κ2) is 11.5. The maximum atomic E-state index is 5.39. The van der Waals surface area contributed by atoms with Gasteiger partial charge in [-0.25, -0.2) is 0 Å². The molecule has 0 amide bonds. The van der Waals surface area contributed by atoms with Gasteiger partial charge in [-0.1, -0.05) is 50.2 Å². The van der Waals surface area contributed by atoms with Crippen molar-refractivity contribution >= 4 is 29.9 Å². The lowest BCUT2D eigenvalue weighted by Gasteiger charge is -2.35. The molecule has 2 N–H and O–H groups in total. The van der Waals surface area contributed by atoms with Gasteiger partial charge in [0.25, 0.3) is 0 Å². The monoisotopic (exact) mass is 511 g/mol. The van der Waals surface area contributed by atoms with Crippen molar-refractivity contribution in [2.75, 3.05) is 20.1 Å². The fraction of sp³-hybridized carbons (Fsp3) is 0.545. The van der Waals surface area contributed by atoms with Crippen LogP contribution in [0, 0.1) is 0 Å². The van der Waals surface area contributed by atoms with E-state index >= 15 is 0 Å². The molecule has 0 aliphatic carbocycles. The summed E-state index contributed by atoms with van der Waals surface area (Å²) in [6.45, 7) is 10.1. The first-order valence-corrected chi connectivity index (χ1v) is 10.3. The second-order valence-electron chi connectivity index (χ2n) is 7.73. The number of rotatable bonds is 7. The molecule has 1 aromatic heterocycles. The van der Waals surface area contributed by atoms with Crippen LogP contribution in [-0.4, -0.2) is 42.2 Å². The number of benzene rings is 1. The lowest BCUT2D eigenvalue weighted by molar-refractivity contribution is 0.174. The van der Waals surface area contributed by atoms with Crippen molar-refractivity contribution in [1.29, 1.82) is 0 Å². The summed E-state index contributed by atoms with van der Waals surface area (Å²) in [5, 5.41) is 10.9. The van der Waals surface area contributed by atoms with Gasteiger partial charge in [-0.15, -0.1) is 24.0 Å². The van der Waals surface area contributed by atoms with Gasteiger partial charge < -0.3 is 15.2 Å². The number of hydrogen-bond acceptors (Lipinski definition) is 4. The number of aliphatic imine (C=N–C) groups is 1. The average Bonchev–Trinajstić information content (AvgIpc) is 3.20. The van der Waals surface area contributed by atoms with Crippen LogP contribution in [0.1, 0.15) is 55.7 Å². The van der Waals surface area contributed by atoms with Crippen LogP contribution in [0.15, 0.2) is 39.8 Å². The molecule has 2 heterocycles. The predicted octanol–water partition coefficient (Wildman–Crippen LogP) is 3.92. The van der Waals surface area contributed by atoms with Crippen LogP contribution in [0.25, 0.3) is 0 Å². The largest absolute Gasteiger partial charge is 0.359 e. The minimum atomic E-state index is 0. The summed E-state index contributed by atoms with van der Waals surface area (Å²) in [5.74, 6) is 1.99. The van der Waals surface area contributed by atoms with E-state index in [1.807, 2.05) is 6.07 Å². The van der Waals surface area contributed by atoms with Gasteiger partial charge in [0.05, 0.1) is 12.2 Å². The maximum absolute atomic E-state index is 5.39. The molecule has 1 unspecified atom stereocenters. The van der Waals surface area contributed by atoms with Crippen molar-refractivity contribution in [3.63, 3.8) is 0 Å². The van der Waals surface area contributed by atoms with E-state index in [2.05, 4.69) is 70.7 Å². The zero-order valence-corrected chi connectivity index (χ0v) is 20.3. The number of guanidine groups is 1. The van der Waals surface area contributed by atoms with E-state index in [0.29, 0.717) is 18.5 Å². The smallest absolute Gasteiger partial charge is 0.191 e. The van der Waals surface area contributed by atoms with E-state index in [1.54, 1.807) is 7.05 Å². The lowest BCUT2D eigenvalue weighted by Crippen LogP contribution is -2.48. The molecular formula is C22H34IN5O. The molecular weight excluding hydrogens is 477 g/mol. The first kappa shape index (κ1) is 23.7. The molecule has 0 spiro atoms. The van der Waals surface area contributed by atoms with Crippen LogP contribution in [0.4, 0.5) is 0 Å². The Hall–Kier alpha value is -1.61. The van der Waals surface area contributed by atoms with Crippen LogP contribution in [0.2, 0.25) is 0 Å². The molecule has 6 nitrogen and oxygen atoms in total. The maximum Gasteiger partial charge on any atom is 0.191 e. The highest BCUT2D eigenvalue weighted by Gasteiger charge is 2.22. The first-order chi connectivity index (χ1) is 13.6. The number of halogens is 1. The van der Waals surface area contributed by atoms with Crippen molar-refractivity contribution in [3.05, 3.63) is 52.9 Å². The van der Waals surface area contributed by atoms with Gasteiger partial charge in [0, 0.05) is 38.8 Å². The van der Waals surface area contributed by atoms with Crippen LogP contribution < -0.4 is 10.6 Å². The fourth-order valence-electron chi connectivity index (χ4n) is 3.65. The molecule has 1 aliphatic rings. The third kappa shape index (κ3) is 6.44. The van der Waals surface area contributed by atoms with E-state index in [4.69, 9.17) is 4.52 Å². The summed E-state index contributed by atoms with van der Waals surface area (Å²) in [5.41, 5.74) is 3.93. The summed E-state index contributed by atoms with van der Waals surface area (Å²) >= 11 is 0. The molecule has 1 aromatic carbocycles. The van der Waals surface area contributed by atoms with Crippen molar-refractivity contribution in [2.24, 2.45) is 4.99 Å². The zero-order valence-electron chi connectivity index (χ0n) is 17.9. The van der Waals surface area contributed by atoms with Crippen molar-refractivity contribution < 1.29 is 4.52 Å². The third-order valence-electron chi connectivity index (χ3n) is 5.48.